The second kappa shape index (κ2) is 9.97. The summed E-state index contributed by atoms with van der Waals surface area (Å²) in [5.74, 6) is 1.81. The van der Waals surface area contributed by atoms with Crippen molar-refractivity contribution >= 4 is 11.5 Å². The first-order valence-electron chi connectivity index (χ1n) is 9.40. The van der Waals surface area contributed by atoms with Crippen molar-refractivity contribution in [2.75, 3.05) is 51.6 Å². The number of hydrogen-bond donors (Lipinski definition) is 3. The molecule has 3 N–H and O–H groups in total. The summed E-state index contributed by atoms with van der Waals surface area (Å²) in [5.41, 5.74) is 2.40. The van der Waals surface area contributed by atoms with E-state index in [9.17, 15) is 4.79 Å². The molecule has 0 radical (unpaired) electrons. The number of nitrogens with zero attached hydrogens (tertiary/aromatic N) is 2. The maximum atomic E-state index is 12.6. The number of likely N-dealkylation sites (N-methyl/N-ethyl adjacent to an activating group) is 2. The van der Waals surface area contributed by atoms with Crippen LogP contribution in [0.25, 0.3) is 11.4 Å². The third-order valence-electron chi connectivity index (χ3n) is 4.61. The minimum atomic E-state index is -0.102. The molecular weight excluding hydrogens is 342 g/mol. The Morgan fingerprint density at radius 2 is 2.07 bits per heavy atom. The summed E-state index contributed by atoms with van der Waals surface area (Å²) < 4.78 is 5.58. The van der Waals surface area contributed by atoms with E-state index in [1.165, 1.54) is 0 Å². The van der Waals surface area contributed by atoms with E-state index < -0.39 is 0 Å². The molecule has 0 unspecified atom stereocenters. The monoisotopic (exact) mass is 373 g/mol. The largest absolute Gasteiger partial charge is 0.496 e. The molecule has 0 saturated heterocycles. The van der Waals surface area contributed by atoms with Gasteiger partial charge in [0.2, 0.25) is 0 Å². The smallest absolute Gasteiger partial charge is 0.256 e. The van der Waals surface area contributed by atoms with Crippen LogP contribution in [0, 0.1) is 0 Å². The van der Waals surface area contributed by atoms with E-state index >= 15 is 0 Å². The Morgan fingerprint density at radius 3 is 2.70 bits per heavy atom. The fraction of sp³-hybridized carbons (Fsp3) is 0.500. The molecule has 1 heterocycles. The standard InChI is InChI=1S/C20H31N5O2/c1-6-7-8-16-18(22-3)23-19(24-20(16)26)15-10-9-14(13-17(15)27-5)25(4)12-11-21-2/h9-10,13,21H,6-8,11-12H2,1-5H3,(H2,22,23,24,26). The number of rotatable bonds is 10. The molecule has 27 heavy (non-hydrogen) atoms. The first-order valence-corrected chi connectivity index (χ1v) is 9.40. The highest BCUT2D eigenvalue weighted by molar-refractivity contribution is 5.70. The van der Waals surface area contributed by atoms with Gasteiger partial charge in [0.1, 0.15) is 17.4 Å². The summed E-state index contributed by atoms with van der Waals surface area (Å²) in [7, 11) is 7.39. The van der Waals surface area contributed by atoms with Crippen LogP contribution in [0.1, 0.15) is 25.3 Å². The number of ether oxygens (including phenoxy) is 1. The van der Waals surface area contributed by atoms with Crippen LogP contribution in [0.2, 0.25) is 0 Å². The van der Waals surface area contributed by atoms with Crippen LogP contribution in [-0.4, -0.2) is 51.3 Å². The van der Waals surface area contributed by atoms with E-state index in [0.29, 0.717) is 29.4 Å². The third kappa shape index (κ3) is 5.01. The second-order valence-corrected chi connectivity index (χ2v) is 6.50. The molecule has 148 valence electrons. The van der Waals surface area contributed by atoms with E-state index in [-0.39, 0.29) is 5.56 Å². The topological polar surface area (TPSA) is 82.3 Å². The zero-order valence-corrected chi connectivity index (χ0v) is 17.0. The van der Waals surface area contributed by atoms with E-state index in [2.05, 4.69) is 32.4 Å². The van der Waals surface area contributed by atoms with Gasteiger partial charge in [-0.1, -0.05) is 13.3 Å². The number of nitrogens with one attached hydrogen (secondary N) is 3. The quantitative estimate of drug-likeness (QED) is 0.594. The molecular formula is C20H31N5O2. The normalized spacial score (nSPS) is 10.7. The van der Waals surface area contributed by atoms with E-state index in [0.717, 1.165) is 37.2 Å². The van der Waals surface area contributed by atoms with Crippen molar-refractivity contribution in [1.29, 1.82) is 0 Å². The first kappa shape index (κ1) is 20.8. The second-order valence-electron chi connectivity index (χ2n) is 6.50. The van der Waals surface area contributed by atoms with Crippen LogP contribution < -0.4 is 25.8 Å². The molecule has 1 aromatic carbocycles. The zero-order chi connectivity index (χ0) is 19.8. The van der Waals surface area contributed by atoms with Gasteiger partial charge in [-0.3, -0.25) is 4.79 Å². The van der Waals surface area contributed by atoms with Crippen LogP contribution in [0.3, 0.4) is 0 Å². The molecule has 2 aromatic rings. The predicted molar refractivity (Wildman–Crippen MR) is 112 cm³/mol. The minimum Gasteiger partial charge on any atom is -0.496 e. The van der Waals surface area contributed by atoms with Gasteiger partial charge in [0, 0.05) is 38.9 Å². The van der Waals surface area contributed by atoms with Crippen LogP contribution in [0.4, 0.5) is 11.5 Å². The molecule has 1 aromatic heterocycles. The molecule has 7 nitrogen and oxygen atoms in total. The van der Waals surface area contributed by atoms with E-state index in [4.69, 9.17) is 4.74 Å². The van der Waals surface area contributed by atoms with Crippen molar-refractivity contribution < 1.29 is 4.74 Å². The molecule has 0 aliphatic heterocycles. The van der Waals surface area contributed by atoms with Gasteiger partial charge >= 0.3 is 0 Å². The number of benzene rings is 1. The molecule has 0 aliphatic rings. The van der Waals surface area contributed by atoms with Gasteiger partial charge < -0.3 is 25.3 Å². The molecule has 0 amide bonds. The molecule has 0 saturated carbocycles. The molecule has 0 fully saturated rings. The van der Waals surface area contributed by atoms with Crippen molar-refractivity contribution in [1.82, 2.24) is 15.3 Å². The Kier molecular flexibility index (Phi) is 7.67. The fourth-order valence-electron chi connectivity index (χ4n) is 2.94. The van der Waals surface area contributed by atoms with Gasteiger partial charge in [-0.25, -0.2) is 4.98 Å². The summed E-state index contributed by atoms with van der Waals surface area (Å²) >= 11 is 0. The number of methoxy groups -OCH3 is 1. The van der Waals surface area contributed by atoms with Crippen molar-refractivity contribution in [3.05, 3.63) is 34.1 Å². The molecule has 2 rings (SSSR count). The minimum absolute atomic E-state index is 0.102. The number of H-pyrrole nitrogens is 1. The molecule has 0 atom stereocenters. The van der Waals surface area contributed by atoms with Crippen molar-refractivity contribution in [3.8, 4) is 17.1 Å². The summed E-state index contributed by atoms with van der Waals surface area (Å²) in [5, 5.41) is 6.20. The lowest BCUT2D eigenvalue weighted by Crippen LogP contribution is -2.27. The van der Waals surface area contributed by atoms with Crippen molar-refractivity contribution in [2.45, 2.75) is 26.2 Å². The average Bonchev–Trinajstić information content (AvgIpc) is 2.69. The summed E-state index contributed by atoms with van der Waals surface area (Å²) in [6.45, 7) is 3.87. The lowest BCUT2D eigenvalue weighted by Gasteiger charge is -2.21. The Morgan fingerprint density at radius 1 is 1.30 bits per heavy atom. The molecule has 0 aliphatic carbocycles. The summed E-state index contributed by atoms with van der Waals surface area (Å²) in [6.07, 6.45) is 2.69. The average molecular weight is 374 g/mol. The van der Waals surface area contributed by atoms with Gasteiger partial charge in [-0.2, -0.15) is 0 Å². The van der Waals surface area contributed by atoms with Gasteiger partial charge in [-0.05, 0) is 32.0 Å². The molecule has 0 spiro atoms. The Bertz CT molecular complexity index is 803. The van der Waals surface area contributed by atoms with Gasteiger partial charge in [0.25, 0.3) is 5.56 Å². The van der Waals surface area contributed by atoms with Gasteiger partial charge in [-0.15, -0.1) is 0 Å². The maximum Gasteiger partial charge on any atom is 0.256 e. The summed E-state index contributed by atoms with van der Waals surface area (Å²) in [4.78, 5) is 22.3. The highest BCUT2D eigenvalue weighted by Gasteiger charge is 2.15. The maximum absolute atomic E-state index is 12.6. The number of unbranched alkanes of at least 4 members (excludes halogenated alkanes) is 1. The summed E-state index contributed by atoms with van der Waals surface area (Å²) in [6, 6.07) is 5.92. The van der Waals surface area contributed by atoms with Crippen molar-refractivity contribution in [3.63, 3.8) is 0 Å². The fourth-order valence-corrected chi connectivity index (χ4v) is 2.94. The lowest BCUT2D eigenvalue weighted by atomic mass is 10.1. The first-order chi connectivity index (χ1) is 13.0. The van der Waals surface area contributed by atoms with E-state index in [1.54, 1.807) is 14.2 Å². The van der Waals surface area contributed by atoms with Crippen LogP contribution >= 0.6 is 0 Å². The molecule has 0 bridgehead atoms. The Labute approximate surface area is 161 Å². The highest BCUT2D eigenvalue weighted by Crippen LogP contribution is 2.32. The van der Waals surface area contributed by atoms with Crippen LogP contribution in [0.15, 0.2) is 23.0 Å². The van der Waals surface area contributed by atoms with E-state index in [1.807, 2.05) is 32.3 Å². The SMILES string of the molecule is CCCCc1c(NC)nc(-c2ccc(N(C)CCNC)cc2OC)[nH]c1=O. The number of aromatic nitrogens is 2. The van der Waals surface area contributed by atoms with Crippen LogP contribution in [-0.2, 0) is 6.42 Å². The number of aromatic amines is 1. The van der Waals surface area contributed by atoms with Gasteiger partial charge in [0.05, 0.1) is 18.2 Å². The Balaban J connectivity index is 2.42. The predicted octanol–water partition coefficient (Wildman–Crippen LogP) is 2.49. The van der Waals surface area contributed by atoms with Gasteiger partial charge in [0.15, 0.2) is 0 Å². The number of anilines is 2. The third-order valence-corrected chi connectivity index (χ3v) is 4.61. The van der Waals surface area contributed by atoms with Crippen LogP contribution in [0.5, 0.6) is 5.75 Å². The lowest BCUT2D eigenvalue weighted by molar-refractivity contribution is 0.416. The van der Waals surface area contributed by atoms with Crippen molar-refractivity contribution in [2.24, 2.45) is 0 Å². The molecule has 7 heteroatoms. The highest BCUT2D eigenvalue weighted by atomic mass is 16.5. The zero-order valence-electron chi connectivity index (χ0n) is 17.0. The number of hydrogen-bond acceptors (Lipinski definition) is 6. The Hall–Kier alpha value is -2.54.